The number of thioether (sulfide) groups is 1. The van der Waals surface area contributed by atoms with Crippen molar-refractivity contribution in [2.45, 2.75) is 6.04 Å². The predicted octanol–water partition coefficient (Wildman–Crippen LogP) is 1.03. The third-order valence-electron chi connectivity index (χ3n) is 3.30. The van der Waals surface area contributed by atoms with Crippen LogP contribution in [0.2, 0.25) is 5.02 Å². The second-order valence-corrected chi connectivity index (χ2v) is 6.18. The number of hydrogen-bond acceptors (Lipinski definition) is 4. The van der Waals surface area contributed by atoms with Crippen molar-refractivity contribution < 1.29 is 9.59 Å². The molecule has 0 radical (unpaired) electrons. The van der Waals surface area contributed by atoms with Crippen molar-refractivity contribution in [2.24, 2.45) is 5.73 Å². The van der Waals surface area contributed by atoms with E-state index < -0.39 is 5.91 Å². The minimum absolute atomic E-state index is 0.00710. The summed E-state index contributed by atoms with van der Waals surface area (Å²) < 4.78 is 0. The zero-order valence-electron chi connectivity index (χ0n) is 11.5. The zero-order chi connectivity index (χ0) is 15.2. The van der Waals surface area contributed by atoms with Crippen LogP contribution in [0.4, 0.5) is 0 Å². The number of carbonyl (C=O) groups excluding carboxylic acids is 2. The number of nitrogens with one attached hydrogen (secondary N) is 1. The molecule has 1 aliphatic heterocycles. The van der Waals surface area contributed by atoms with Crippen LogP contribution in [-0.4, -0.2) is 47.9 Å². The normalized spacial score (nSPS) is 18.5. The molecule has 7 heteroatoms. The molecule has 0 aliphatic carbocycles. The quantitative estimate of drug-likeness (QED) is 0.847. The minimum Gasteiger partial charge on any atom is -0.369 e. The molecule has 0 spiro atoms. The van der Waals surface area contributed by atoms with Gasteiger partial charge in [0.15, 0.2) is 0 Å². The fourth-order valence-electron chi connectivity index (χ4n) is 2.35. The number of primary amides is 1. The van der Waals surface area contributed by atoms with Gasteiger partial charge < -0.3 is 16.0 Å². The molecule has 3 N–H and O–H groups in total. The second-order valence-electron chi connectivity index (χ2n) is 4.79. The average Bonchev–Trinajstić information content (AvgIpc) is 2.47. The van der Waals surface area contributed by atoms with Crippen LogP contribution in [0, 0.1) is 0 Å². The monoisotopic (exact) mass is 327 g/mol. The van der Waals surface area contributed by atoms with E-state index in [2.05, 4.69) is 5.32 Å². The maximum atomic E-state index is 12.4. The number of rotatable bonds is 5. The number of halogens is 1. The van der Waals surface area contributed by atoms with Crippen LogP contribution < -0.4 is 11.1 Å². The highest BCUT2D eigenvalue weighted by Gasteiger charge is 2.28. The van der Waals surface area contributed by atoms with E-state index >= 15 is 0 Å². The molecule has 2 amide bonds. The van der Waals surface area contributed by atoms with Gasteiger partial charge in [-0.05, 0) is 11.6 Å². The van der Waals surface area contributed by atoms with Crippen LogP contribution in [0.1, 0.15) is 11.6 Å². The summed E-state index contributed by atoms with van der Waals surface area (Å²) in [5, 5.41) is 3.95. The summed E-state index contributed by atoms with van der Waals surface area (Å²) in [5.41, 5.74) is 6.03. The Morgan fingerprint density at radius 1 is 1.38 bits per heavy atom. The fourth-order valence-corrected chi connectivity index (χ4v) is 3.25. The Kier molecular flexibility index (Phi) is 5.90. The van der Waals surface area contributed by atoms with Crippen LogP contribution in [-0.2, 0) is 9.59 Å². The van der Waals surface area contributed by atoms with Gasteiger partial charge in [-0.25, -0.2) is 0 Å². The van der Waals surface area contributed by atoms with Crippen molar-refractivity contribution in [3.63, 3.8) is 0 Å². The number of nitrogens with two attached hydrogens (primary N) is 1. The lowest BCUT2D eigenvalue weighted by Crippen LogP contribution is -2.49. The Hall–Kier alpha value is -1.24. The van der Waals surface area contributed by atoms with Gasteiger partial charge in [-0.1, -0.05) is 29.8 Å². The van der Waals surface area contributed by atoms with Gasteiger partial charge >= 0.3 is 0 Å². The number of hydrogen-bond donors (Lipinski definition) is 2. The van der Waals surface area contributed by atoms with Crippen molar-refractivity contribution in [1.82, 2.24) is 10.2 Å². The second kappa shape index (κ2) is 7.68. The van der Waals surface area contributed by atoms with Crippen molar-refractivity contribution in [2.75, 3.05) is 31.1 Å². The molecule has 1 atom stereocenters. The first kappa shape index (κ1) is 16.1. The SMILES string of the molecule is NC(=O)CSCC(=O)N1CCNCC1c1ccccc1Cl. The average molecular weight is 328 g/mol. The van der Waals surface area contributed by atoms with Crippen molar-refractivity contribution in [3.05, 3.63) is 34.9 Å². The molecule has 1 fully saturated rings. The maximum absolute atomic E-state index is 12.4. The summed E-state index contributed by atoms with van der Waals surface area (Å²) in [7, 11) is 0. The van der Waals surface area contributed by atoms with Crippen molar-refractivity contribution in [3.8, 4) is 0 Å². The Morgan fingerprint density at radius 2 is 2.14 bits per heavy atom. The molecule has 1 aromatic rings. The summed E-state index contributed by atoms with van der Waals surface area (Å²) in [6.07, 6.45) is 0. The lowest BCUT2D eigenvalue weighted by molar-refractivity contribution is -0.131. The predicted molar refractivity (Wildman–Crippen MR) is 85.3 cm³/mol. The van der Waals surface area contributed by atoms with Gasteiger partial charge in [-0.2, -0.15) is 0 Å². The van der Waals surface area contributed by atoms with E-state index in [1.54, 1.807) is 0 Å². The molecule has 0 aromatic heterocycles. The van der Waals surface area contributed by atoms with Gasteiger partial charge in [0.1, 0.15) is 0 Å². The number of piperazine rings is 1. The third kappa shape index (κ3) is 4.36. The van der Waals surface area contributed by atoms with Crippen molar-refractivity contribution >= 4 is 35.2 Å². The fraction of sp³-hybridized carbons (Fsp3) is 0.429. The number of carbonyl (C=O) groups is 2. The summed E-state index contributed by atoms with van der Waals surface area (Å²) in [4.78, 5) is 24.9. The first-order chi connectivity index (χ1) is 10.1. The van der Waals surface area contributed by atoms with E-state index in [4.69, 9.17) is 17.3 Å². The molecule has 1 aromatic carbocycles. The molecular formula is C14H18ClN3O2S. The number of benzene rings is 1. The van der Waals surface area contributed by atoms with E-state index in [0.29, 0.717) is 18.1 Å². The molecule has 114 valence electrons. The van der Waals surface area contributed by atoms with E-state index in [0.717, 1.165) is 12.1 Å². The molecule has 21 heavy (non-hydrogen) atoms. The largest absolute Gasteiger partial charge is 0.369 e. The molecule has 2 rings (SSSR count). The van der Waals surface area contributed by atoms with E-state index in [9.17, 15) is 9.59 Å². The van der Waals surface area contributed by atoms with Crippen LogP contribution in [0.15, 0.2) is 24.3 Å². The Labute approximate surface area is 133 Å². The Bertz CT molecular complexity index is 527. The van der Waals surface area contributed by atoms with E-state index in [-0.39, 0.29) is 23.5 Å². The summed E-state index contributed by atoms with van der Waals surface area (Å²) >= 11 is 7.49. The van der Waals surface area contributed by atoms with Gasteiger partial charge in [0.25, 0.3) is 0 Å². The summed E-state index contributed by atoms with van der Waals surface area (Å²) in [6, 6.07) is 7.48. The third-order valence-corrected chi connectivity index (χ3v) is 4.58. The molecule has 1 heterocycles. The van der Waals surface area contributed by atoms with Crippen LogP contribution in [0.3, 0.4) is 0 Å². The topological polar surface area (TPSA) is 75.4 Å². The first-order valence-corrected chi connectivity index (χ1v) is 8.23. The van der Waals surface area contributed by atoms with Crippen LogP contribution >= 0.6 is 23.4 Å². The highest BCUT2D eigenvalue weighted by Crippen LogP contribution is 2.28. The number of amides is 2. The number of nitrogens with zero attached hydrogens (tertiary/aromatic N) is 1. The highest BCUT2D eigenvalue weighted by molar-refractivity contribution is 8.00. The van der Waals surface area contributed by atoms with Crippen LogP contribution in [0.25, 0.3) is 0 Å². The summed E-state index contributed by atoms with van der Waals surface area (Å²) in [5.74, 6) is 0.0156. The van der Waals surface area contributed by atoms with Crippen LogP contribution in [0.5, 0.6) is 0 Å². The lowest BCUT2D eigenvalue weighted by Gasteiger charge is -2.37. The van der Waals surface area contributed by atoms with Gasteiger partial charge in [-0.3, -0.25) is 9.59 Å². The standard InChI is InChI=1S/C14H18ClN3O2S/c15-11-4-2-1-3-10(11)12-7-17-5-6-18(12)14(20)9-21-8-13(16)19/h1-4,12,17H,5-9H2,(H2,16,19). The zero-order valence-corrected chi connectivity index (χ0v) is 13.1. The van der Waals surface area contributed by atoms with E-state index in [1.807, 2.05) is 29.2 Å². The Balaban J connectivity index is 2.07. The molecule has 0 saturated carbocycles. The van der Waals surface area contributed by atoms with Gasteiger partial charge in [0.2, 0.25) is 11.8 Å². The van der Waals surface area contributed by atoms with Gasteiger partial charge in [0, 0.05) is 24.7 Å². The maximum Gasteiger partial charge on any atom is 0.233 e. The lowest BCUT2D eigenvalue weighted by atomic mass is 10.0. The van der Waals surface area contributed by atoms with Gasteiger partial charge in [-0.15, -0.1) is 11.8 Å². The molecule has 1 unspecified atom stereocenters. The molecule has 1 aliphatic rings. The van der Waals surface area contributed by atoms with Gasteiger partial charge in [0.05, 0.1) is 17.5 Å². The molecule has 0 bridgehead atoms. The Morgan fingerprint density at radius 3 is 2.86 bits per heavy atom. The van der Waals surface area contributed by atoms with E-state index in [1.165, 1.54) is 11.8 Å². The first-order valence-electron chi connectivity index (χ1n) is 6.70. The minimum atomic E-state index is -0.407. The molecule has 1 saturated heterocycles. The molecular weight excluding hydrogens is 310 g/mol. The summed E-state index contributed by atoms with van der Waals surface area (Å²) in [6.45, 7) is 2.06. The highest BCUT2D eigenvalue weighted by atomic mass is 35.5. The smallest absolute Gasteiger partial charge is 0.233 e. The molecule has 5 nitrogen and oxygen atoms in total. The van der Waals surface area contributed by atoms with Crippen molar-refractivity contribution in [1.29, 1.82) is 0 Å².